The first-order chi connectivity index (χ1) is 7.70. The largest absolute Gasteiger partial charge is 0.495 e. The minimum atomic E-state index is 0.428. The Balaban J connectivity index is 2.45. The van der Waals surface area contributed by atoms with E-state index in [9.17, 15) is 0 Å². The van der Waals surface area contributed by atoms with Gasteiger partial charge >= 0.3 is 0 Å². The Kier molecular flexibility index (Phi) is 2.92. The highest BCUT2D eigenvalue weighted by Crippen LogP contribution is 2.29. The molecule has 4 nitrogen and oxygen atoms in total. The zero-order valence-electron chi connectivity index (χ0n) is 8.64. The van der Waals surface area contributed by atoms with Crippen LogP contribution >= 0.6 is 11.6 Å². The van der Waals surface area contributed by atoms with Gasteiger partial charge in [0.2, 0.25) is 0 Å². The third-order valence-corrected chi connectivity index (χ3v) is 2.43. The van der Waals surface area contributed by atoms with E-state index in [4.69, 9.17) is 22.1 Å². The van der Waals surface area contributed by atoms with Gasteiger partial charge in [0.05, 0.1) is 17.8 Å². The number of nitrogens with zero attached hydrogens (tertiary/aromatic N) is 2. The minimum Gasteiger partial charge on any atom is -0.495 e. The molecule has 0 fully saturated rings. The molecule has 0 saturated heterocycles. The van der Waals surface area contributed by atoms with E-state index in [2.05, 4.69) is 9.97 Å². The lowest BCUT2D eigenvalue weighted by atomic mass is 10.1. The Morgan fingerprint density at radius 2 is 2.06 bits per heavy atom. The van der Waals surface area contributed by atoms with Crippen molar-refractivity contribution >= 4 is 17.4 Å². The van der Waals surface area contributed by atoms with Crippen LogP contribution in [0.5, 0.6) is 5.75 Å². The Morgan fingerprint density at radius 1 is 1.25 bits per heavy atom. The highest BCUT2D eigenvalue weighted by atomic mass is 35.5. The first-order valence-electron chi connectivity index (χ1n) is 4.62. The zero-order chi connectivity index (χ0) is 11.5. The van der Waals surface area contributed by atoms with Gasteiger partial charge in [-0.25, -0.2) is 9.97 Å². The van der Waals surface area contributed by atoms with Gasteiger partial charge in [-0.3, -0.25) is 0 Å². The molecule has 0 amide bonds. The maximum absolute atomic E-state index is 6.02. The van der Waals surface area contributed by atoms with Crippen LogP contribution in [0.4, 0.5) is 5.82 Å². The first kappa shape index (κ1) is 10.7. The number of ether oxygens (including phenoxy) is 1. The van der Waals surface area contributed by atoms with Crippen molar-refractivity contribution in [1.29, 1.82) is 0 Å². The van der Waals surface area contributed by atoms with E-state index in [1.165, 1.54) is 6.33 Å². The maximum Gasteiger partial charge on any atom is 0.137 e. The number of methoxy groups -OCH3 is 1. The minimum absolute atomic E-state index is 0.428. The van der Waals surface area contributed by atoms with Crippen LogP contribution in [0.1, 0.15) is 0 Å². The van der Waals surface area contributed by atoms with Crippen molar-refractivity contribution in [2.45, 2.75) is 0 Å². The SMILES string of the molecule is COc1ccc(-c2cc(N)ncn2)cc1Cl. The number of hydrogen-bond acceptors (Lipinski definition) is 4. The number of aromatic nitrogens is 2. The normalized spacial score (nSPS) is 10.1. The van der Waals surface area contributed by atoms with Crippen LogP contribution in [0.25, 0.3) is 11.3 Å². The molecule has 16 heavy (non-hydrogen) atoms. The van der Waals surface area contributed by atoms with Crippen molar-refractivity contribution in [3.8, 4) is 17.0 Å². The molecule has 1 aromatic heterocycles. The number of rotatable bonds is 2. The molecule has 1 aromatic carbocycles. The summed E-state index contributed by atoms with van der Waals surface area (Å²) in [5.74, 6) is 1.06. The van der Waals surface area contributed by atoms with Crippen LogP contribution in [-0.2, 0) is 0 Å². The van der Waals surface area contributed by atoms with Crippen molar-refractivity contribution in [3.05, 3.63) is 35.6 Å². The fraction of sp³-hybridized carbons (Fsp3) is 0.0909. The number of anilines is 1. The van der Waals surface area contributed by atoms with Crippen molar-refractivity contribution in [3.63, 3.8) is 0 Å². The lowest BCUT2D eigenvalue weighted by Crippen LogP contribution is -1.93. The summed E-state index contributed by atoms with van der Waals surface area (Å²) in [6.45, 7) is 0. The summed E-state index contributed by atoms with van der Waals surface area (Å²) in [6.07, 6.45) is 1.42. The molecule has 0 saturated carbocycles. The fourth-order valence-corrected chi connectivity index (χ4v) is 1.61. The summed E-state index contributed by atoms with van der Waals surface area (Å²) in [5.41, 5.74) is 7.19. The Hall–Kier alpha value is -1.81. The predicted molar refractivity (Wildman–Crippen MR) is 63.4 cm³/mol. The second kappa shape index (κ2) is 4.37. The summed E-state index contributed by atoms with van der Waals surface area (Å²) < 4.78 is 5.07. The van der Waals surface area contributed by atoms with Crippen LogP contribution in [0.2, 0.25) is 5.02 Å². The average Bonchev–Trinajstić information content (AvgIpc) is 2.29. The maximum atomic E-state index is 6.02. The molecule has 0 atom stereocenters. The summed E-state index contributed by atoms with van der Waals surface area (Å²) in [5, 5.41) is 0.539. The summed E-state index contributed by atoms with van der Waals surface area (Å²) >= 11 is 6.02. The van der Waals surface area contributed by atoms with E-state index in [0.717, 1.165) is 11.3 Å². The van der Waals surface area contributed by atoms with Crippen LogP contribution < -0.4 is 10.5 Å². The van der Waals surface area contributed by atoms with Gasteiger partial charge < -0.3 is 10.5 Å². The van der Waals surface area contributed by atoms with Crippen LogP contribution in [-0.4, -0.2) is 17.1 Å². The molecule has 2 rings (SSSR count). The quantitative estimate of drug-likeness (QED) is 0.868. The van der Waals surface area contributed by atoms with Crippen LogP contribution in [0.15, 0.2) is 30.6 Å². The highest BCUT2D eigenvalue weighted by molar-refractivity contribution is 6.32. The molecule has 1 heterocycles. The van der Waals surface area contributed by atoms with Crippen LogP contribution in [0, 0.1) is 0 Å². The molecule has 0 spiro atoms. The van der Waals surface area contributed by atoms with E-state index in [0.29, 0.717) is 16.6 Å². The molecular weight excluding hydrogens is 226 g/mol. The molecule has 5 heteroatoms. The number of halogens is 1. The van der Waals surface area contributed by atoms with E-state index >= 15 is 0 Å². The van der Waals surface area contributed by atoms with Crippen LogP contribution in [0.3, 0.4) is 0 Å². The molecular formula is C11H10ClN3O. The molecule has 0 aliphatic heterocycles. The molecule has 82 valence electrons. The number of nitrogens with two attached hydrogens (primary N) is 1. The predicted octanol–water partition coefficient (Wildman–Crippen LogP) is 2.39. The fourth-order valence-electron chi connectivity index (χ4n) is 1.36. The topological polar surface area (TPSA) is 61.0 Å². The highest BCUT2D eigenvalue weighted by Gasteiger charge is 2.05. The second-order valence-corrected chi connectivity index (χ2v) is 3.58. The van der Waals surface area contributed by atoms with Gasteiger partial charge in [-0.15, -0.1) is 0 Å². The Bertz CT molecular complexity index is 516. The third-order valence-electron chi connectivity index (χ3n) is 2.14. The lowest BCUT2D eigenvalue weighted by Gasteiger charge is -2.05. The van der Waals surface area contributed by atoms with E-state index < -0.39 is 0 Å². The van der Waals surface area contributed by atoms with E-state index in [1.54, 1.807) is 25.3 Å². The van der Waals surface area contributed by atoms with Gasteiger partial charge in [-0.1, -0.05) is 11.6 Å². The number of nitrogen functional groups attached to an aromatic ring is 1. The average molecular weight is 236 g/mol. The lowest BCUT2D eigenvalue weighted by molar-refractivity contribution is 0.415. The molecule has 0 unspecified atom stereocenters. The van der Waals surface area contributed by atoms with Gasteiger partial charge in [0.25, 0.3) is 0 Å². The molecule has 2 N–H and O–H groups in total. The Morgan fingerprint density at radius 3 is 2.69 bits per heavy atom. The molecule has 0 aliphatic carbocycles. The van der Waals surface area contributed by atoms with E-state index in [1.807, 2.05) is 6.07 Å². The number of hydrogen-bond donors (Lipinski definition) is 1. The molecule has 0 radical (unpaired) electrons. The number of benzene rings is 1. The Labute approximate surface area is 98.0 Å². The van der Waals surface area contributed by atoms with Gasteiger partial charge in [0.15, 0.2) is 0 Å². The van der Waals surface area contributed by atoms with Gasteiger partial charge in [-0.2, -0.15) is 0 Å². The summed E-state index contributed by atoms with van der Waals surface area (Å²) in [6, 6.07) is 7.13. The molecule has 0 aliphatic rings. The van der Waals surface area contributed by atoms with Gasteiger partial charge in [0.1, 0.15) is 17.9 Å². The van der Waals surface area contributed by atoms with Crippen molar-refractivity contribution in [2.24, 2.45) is 0 Å². The first-order valence-corrected chi connectivity index (χ1v) is 5.00. The zero-order valence-corrected chi connectivity index (χ0v) is 9.40. The monoisotopic (exact) mass is 235 g/mol. The molecule has 0 bridgehead atoms. The van der Waals surface area contributed by atoms with Gasteiger partial charge in [0, 0.05) is 11.6 Å². The smallest absolute Gasteiger partial charge is 0.137 e. The van der Waals surface area contributed by atoms with E-state index in [-0.39, 0.29) is 0 Å². The van der Waals surface area contributed by atoms with Crippen molar-refractivity contribution < 1.29 is 4.74 Å². The summed E-state index contributed by atoms with van der Waals surface area (Å²) in [7, 11) is 1.57. The van der Waals surface area contributed by atoms with Crippen molar-refractivity contribution in [1.82, 2.24) is 9.97 Å². The standard InChI is InChI=1S/C11H10ClN3O/c1-16-10-3-2-7(4-8(10)12)9-5-11(13)15-6-14-9/h2-6H,1H3,(H2,13,14,15). The third kappa shape index (κ3) is 2.06. The van der Waals surface area contributed by atoms with Gasteiger partial charge in [-0.05, 0) is 18.2 Å². The molecule has 2 aromatic rings. The summed E-state index contributed by atoms with van der Waals surface area (Å²) in [4.78, 5) is 7.95. The second-order valence-electron chi connectivity index (χ2n) is 3.18. The van der Waals surface area contributed by atoms with Crippen molar-refractivity contribution in [2.75, 3.05) is 12.8 Å².